The van der Waals surface area contributed by atoms with Crippen LogP contribution in [-0.2, 0) is 10.0 Å². The van der Waals surface area contributed by atoms with Gasteiger partial charge in [-0.25, -0.2) is 17.2 Å². The maximum atomic E-state index is 13.5. The number of hydrogen-bond donors (Lipinski definition) is 2. The molecule has 0 amide bonds. The smallest absolute Gasteiger partial charge is 0.232 e. The molecule has 1 aliphatic carbocycles. The third-order valence-electron chi connectivity index (χ3n) is 3.13. The van der Waals surface area contributed by atoms with E-state index in [0.29, 0.717) is 18.5 Å². The summed E-state index contributed by atoms with van der Waals surface area (Å²) >= 11 is 2.90. The van der Waals surface area contributed by atoms with Gasteiger partial charge in [0.15, 0.2) is 0 Å². The van der Waals surface area contributed by atoms with Gasteiger partial charge in [0.2, 0.25) is 10.0 Å². The Kier molecular flexibility index (Phi) is 5.56. The zero-order chi connectivity index (χ0) is 15.5. The van der Waals surface area contributed by atoms with E-state index in [9.17, 15) is 17.2 Å². The van der Waals surface area contributed by atoms with Crippen molar-refractivity contribution in [2.75, 3.05) is 17.0 Å². The molecule has 0 aromatic heterocycles. The summed E-state index contributed by atoms with van der Waals surface area (Å²) in [7, 11) is -3.63. The van der Waals surface area contributed by atoms with Crippen LogP contribution in [0.15, 0.2) is 16.6 Å². The van der Waals surface area contributed by atoms with Gasteiger partial charge in [0, 0.05) is 12.1 Å². The zero-order valence-electron chi connectivity index (χ0n) is 11.3. The minimum atomic E-state index is -3.63. The fourth-order valence-electron chi connectivity index (χ4n) is 1.83. The van der Waals surface area contributed by atoms with Crippen molar-refractivity contribution in [2.45, 2.75) is 31.7 Å². The van der Waals surface area contributed by atoms with E-state index in [1.807, 2.05) is 0 Å². The summed E-state index contributed by atoms with van der Waals surface area (Å²) in [6.07, 6.45) is 3.61. The van der Waals surface area contributed by atoms with Crippen LogP contribution in [0.1, 0.15) is 25.7 Å². The van der Waals surface area contributed by atoms with Crippen LogP contribution in [0.3, 0.4) is 0 Å². The Balaban J connectivity index is 1.83. The number of hydrogen-bond acceptors (Lipinski definition) is 3. The van der Waals surface area contributed by atoms with Gasteiger partial charge in [-0.2, -0.15) is 0 Å². The van der Waals surface area contributed by atoms with E-state index in [4.69, 9.17) is 0 Å². The van der Waals surface area contributed by atoms with Crippen LogP contribution in [0.2, 0.25) is 0 Å². The standard InChI is InChI=1S/C13H17BrF2N2O2S/c14-10-7-13(12(16)8-11(10)15)18-21(19,20)6-2-1-5-17-9-3-4-9/h7-9,17-18H,1-6H2. The van der Waals surface area contributed by atoms with Crippen LogP contribution < -0.4 is 10.0 Å². The molecule has 118 valence electrons. The molecule has 0 heterocycles. The molecule has 21 heavy (non-hydrogen) atoms. The summed E-state index contributed by atoms with van der Waals surface area (Å²) in [5.74, 6) is -1.80. The molecular formula is C13H17BrF2N2O2S. The zero-order valence-corrected chi connectivity index (χ0v) is 13.7. The minimum absolute atomic E-state index is 0.00948. The predicted octanol–water partition coefficient (Wildman–Crippen LogP) is 3.00. The summed E-state index contributed by atoms with van der Waals surface area (Å²) in [6, 6.07) is 2.32. The van der Waals surface area contributed by atoms with Gasteiger partial charge in [0.1, 0.15) is 11.6 Å². The second kappa shape index (κ2) is 7.02. The largest absolute Gasteiger partial charge is 0.314 e. The van der Waals surface area contributed by atoms with Crippen LogP contribution in [0.4, 0.5) is 14.5 Å². The van der Waals surface area contributed by atoms with Crippen molar-refractivity contribution in [3.05, 3.63) is 28.2 Å². The number of nitrogens with one attached hydrogen (secondary N) is 2. The molecule has 1 aromatic carbocycles. The topological polar surface area (TPSA) is 58.2 Å². The first-order chi connectivity index (χ1) is 9.87. The van der Waals surface area contributed by atoms with E-state index in [2.05, 4.69) is 26.0 Å². The lowest BCUT2D eigenvalue weighted by Gasteiger charge is -2.10. The summed E-state index contributed by atoms with van der Waals surface area (Å²) in [5.41, 5.74) is -0.251. The molecule has 1 saturated carbocycles. The van der Waals surface area contributed by atoms with Crippen molar-refractivity contribution in [3.63, 3.8) is 0 Å². The fraction of sp³-hybridized carbons (Fsp3) is 0.538. The van der Waals surface area contributed by atoms with Gasteiger partial charge in [0.25, 0.3) is 0 Å². The molecule has 1 fully saturated rings. The summed E-state index contributed by atoms with van der Waals surface area (Å²) in [4.78, 5) is 0. The maximum absolute atomic E-state index is 13.5. The highest BCUT2D eigenvalue weighted by atomic mass is 79.9. The number of rotatable bonds is 8. The Morgan fingerprint density at radius 1 is 1.19 bits per heavy atom. The maximum Gasteiger partial charge on any atom is 0.232 e. The Morgan fingerprint density at radius 2 is 1.90 bits per heavy atom. The Hall–Kier alpha value is -0.730. The first-order valence-electron chi connectivity index (χ1n) is 6.76. The van der Waals surface area contributed by atoms with Crippen molar-refractivity contribution in [2.24, 2.45) is 0 Å². The Morgan fingerprint density at radius 3 is 2.57 bits per heavy atom. The molecular weight excluding hydrogens is 366 g/mol. The lowest BCUT2D eigenvalue weighted by molar-refractivity contribution is 0.577. The highest BCUT2D eigenvalue weighted by molar-refractivity contribution is 9.10. The number of halogens is 3. The van der Waals surface area contributed by atoms with E-state index in [1.54, 1.807) is 0 Å². The molecule has 0 spiro atoms. The average Bonchev–Trinajstić information content (AvgIpc) is 3.19. The molecule has 0 saturated heterocycles. The van der Waals surface area contributed by atoms with Crippen molar-refractivity contribution >= 4 is 31.6 Å². The number of anilines is 1. The van der Waals surface area contributed by atoms with Gasteiger partial charge in [-0.05, 0) is 54.2 Å². The average molecular weight is 383 g/mol. The van der Waals surface area contributed by atoms with Crippen LogP contribution in [0.5, 0.6) is 0 Å². The Labute approximate surface area is 131 Å². The van der Waals surface area contributed by atoms with Crippen LogP contribution in [0, 0.1) is 11.6 Å². The molecule has 2 rings (SSSR count). The molecule has 0 radical (unpaired) electrons. The lowest BCUT2D eigenvalue weighted by Crippen LogP contribution is -2.21. The van der Waals surface area contributed by atoms with Gasteiger partial charge in [-0.1, -0.05) is 0 Å². The SMILES string of the molecule is O=S(=O)(CCCCNC1CC1)Nc1cc(Br)c(F)cc1F. The molecule has 2 N–H and O–H groups in total. The van der Waals surface area contributed by atoms with Crippen LogP contribution >= 0.6 is 15.9 Å². The highest BCUT2D eigenvalue weighted by Gasteiger charge is 2.20. The first-order valence-corrected chi connectivity index (χ1v) is 9.20. The summed E-state index contributed by atoms with van der Waals surface area (Å²) < 4.78 is 52.4. The summed E-state index contributed by atoms with van der Waals surface area (Å²) in [6.45, 7) is 0.788. The van der Waals surface area contributed by atoms with Crippen molar-refractivity contribution < 1.29 is 17.2 Å². The molecule has 1 aromatic rings. The van der Waals surface area contributed by atoms with Crippen LogP contribution in [0.25, 0.3) is 0 Å². The van der Waals surface area contributed by atoms with Crippen molar-refractivity contribution in [1.29, 1.82) is 0 Å². The van der Waals surface area contributed by atoms with Gasteiger partial charge in [-0.15, -0.1) is 0 Å². The number of unbranched alkanes of at least 4 members (excludes halogenated alkanes) is 1. The van der Waals surface area contributed by atoms with E-state index in [0.717, 1.165) is 19.0 Å². The van der Waals surface area contributed by atoms with E-state index in [-0.39, 0.29) is 15.9 Å². The quantitative estimate of drug-likeness (QED) is 0.536. The van der Waals surface area contributed by atoms with Crippen LogP contribution in [-0.4, -0.2) is 26.8 Å². The number of benzene rings is 1. The fourth-order valence-corrected chi connectivity index (χ4v) is 3.35. The number of sulfonamides is 1. The lowest BCUT2D eigenvalue weighted by atomic mass is 10.3. The van der Waals surface area contributed by atoms with E-state index in [1.165, 1.54) is 12.8 Å². The van der Waals surface area contributed by atoms with Crippen molar-refractivity contribution in [3.8, 4) is 0 Å². The molecule has 1 aliphatic rings. The second-order valence-electron chi connectivity index (χ2n) is 5.10. The molecule has 0 bridgehead atoms. The minimum Gasteiger partial charge on any atom is -0.314 e. The second-order valence-corrected chi connectivity index (χ2v) is 7.80. The molecule has 8 heteroatoms. The summed E-state index contributed by atoms with van der Waals surface area (Å²) in [5, 5.41) is 3.29. The molecule has 0 atom stereocenters. The van der Waals surface area contributed by atoms with Gasteiger partial charge in [0.05, 0.1) is 15.9 Å². The van der Waals surface area contributed by atoms with Gasteiger partial charge >= 0.3 is 0 Å². The normalized spacial score (nSPS) is 15.2. The van der Waals surface area contributed by atoms with Crippen molar-refractivity contribution in [1.82, 2.24) is 5.32 Å². The van der Waals surface area contributed by atoms with E-state index < -0.39 is 21.7 Å². The molecule has 0 aliphatic heterocycles. The Bertz CT molecular complexity index is 606. The molecule has 4 nitrogen and oxygen atoms in total. The first kappa shape index (κ1) is 16.6. The highest BCUT2D eigenvalue weighted by Crippen LogP contribution is 2.24. The third kappa shape index (κ3) is 5.52. The predicted molar refractivity (Wildman–Crippen MR) is 81.7 cm³/mol. The third-order valence-corrected chi connectivity index (χ3v) is 5.09. The van der Waals surface area contributed by atoms with Gasteiger partial charge < -0.3 is 5.32 Å². The molecule has 0 unspecified atom stereocenters. The van der Waals surface area contributed by atoms with Gasteiger partial charge in [-0.3, -0.25) is 4.72 Å². The monoisotopic (exact) mass is 382 g/mol. The van der Waals surface area contributed by atoms with E-state index >= 15 is 0 Å².